The Hall–Kier alpha value is -0.930. The maximum atomic E-state index is 11.9. The molecule has 1 rings (SSSR count). The number of carbonyl (C=O) groups is 1. The molecule has 0 aromatic heterocycles. The van der Waals surface area contributed by atoms with Gasteiger partial charge in [-0.25, -0.2) is 0 Å². The molecule has 0 saturated carbocycles. The average Bonchev–Trinajstić information content (AvgIpc) is 2.89. The number of rotatable bonds is 17. The molecule has 42 heavy (non-hydrogen) atoms. The molecule has 1 saturated heterocycles. The second kappa shape index (κ2) is 15.9. The van der Waals surface area contributed by atoms with E-state index in [2.05, 4.69) is 0 Å². The van der Waals surface area contributed by atoms with Gasteiger partial charge in [-0.1, -0.05) is 20.8 Å². The van der Waals surface area contributed by atoms with Crippen LogP contribution in [0.2, 0.25) is 0 Å². The zero-order chi connectivity index (χ0) is 32.9. The van der Waals surface area contributed by atoms with Gasteiger partial charge in [0.25, 0.3) is 0 Å². The predicted molar refractivity (Wildman–Crippen MR) is 159 cm³/mol. The smallest absolute Gasteiger partial charge is 0.308 e. The molecule has 1 heterocycles. The zero-order valence-electron chi connectivity index (χ0n) is 27.5. The summed E-state index contributed by atoms with van der Waals surface area (Å²) in [4.78, 5) is 15.4. The highest BCUT2D eigenvalue weighted by molar-refractivity contribution is 5.70. The molecular formula is C30H60N2O10. The van der Waals surface area contributed by atoms with Gasteiger partial charge >= 0.3 is 5.97 Å². The summed E-state index contributed by atoms with van der Waals surface area (Å²) in [6.45, 7) is 13.6. The average molecular weight is 609 g/mol. The van der Waals surface area contributed by atoms with Crippen LogP contribution in [0, 0.1) is 17.8 Å². The minimum absolute atomic E-state index is 0.160. The number of hydrogen-bond acceptors (Lipinski definition) is 11. The van der Waals surface area contributed by atoms with Crippen molar-refractivity contribution in [3.05, 3.63) is 0 Å². The molecule has 12 nitrogen and oxygen atoms in total. The number of carboxylic acids is 1. The molecule has 0 bridgehead atoms. The number of aliphatic carboxylic acids is 1. The first-order valence-electron chi connectivity index (χ1n) is 15.2. The second-order valence-corrected chi connectivity index (χ2v) is 13.5. The van der Waals surface area contributed by atoms with Gasteiger partial charge in [-0.3, -0.25) is 4.79 Å². The fourth-order valence-electron chi connectivity index (χ4n) is 6.30. The second-order valence-electron chi connectivity index (χ2n) is 13.5. The Morgan fingerprint density at radius 2 is 1.62 bits per heavy atom. The van der Waals surface area contributed by atoms with E-state index in [9.17, 15) is 40.5 Å². The fraction of sp³-hybridized carbons (Fsp3) is 0.967. The zero-order valence-corrected chi connectivity index (χ0v) is 27.5. The molecule has 0 radical (unpaired) electrons. The Morgan fingerprint density at radius 1 is 1.07 bits per heavy atom. The Morgan fingerprint density at radius 3 is 2.10 bits per heavy atom. The third-order valence-corrected chi connectivity index (χ3v) is 9.26. The van der Waals surface area contributed by atoms with E-state index in [0.29, 0.717) is 13.0 Å². The number of aliphatic hydroxyl groups is 6. The molecule has 14 atom stereocenters. The van der Waals surface area contributed by atoms with Gasteiger partial charge < -0.3 is 55.0 Å². The summed E-state index contributed by atoms with van der Waals surface area (Å²) < 4.78 is 12.2. The van der Waals surface area contributed by atoms with Crippen molar-refractivity contribution in [1.82, 2.24) is 9.80 Å². The summed E-state index contributed by atoms with van der Waals surface area (Å²) in [6.07, 6.45) is -6.23. The minimum atomic E-state index is -1.72. The van der Waals surface area contributed by atoms with Crippen molar-refractivity contribution in [3.8, 4) is 0 Å². The Balaban J connectivity index is 3.22. The topological polar surface area (TPSA) is 184 Å². The summed E-state index contributed by atoms with van der Waals surface area (Å²) in [5, 5.41) is 75.2. The van der Waals surface area contributed by atoms with Gasteiger partial charge in [-0.2, -0.15) is 0 Å². The van der Waals surface area contributed by atoms with Crippen molar-refractivity contribution < 1.29 is 50.0 Å². The maximum Gasteiger partial charge on any atom is 0.308 e. The lowest BCUT2D eigenvalue weighted by Crippen LogP contribution is -2.59. The summed E-state index contributed by atoms with van der Waals surface area (Å²) >= 11 is 0. The Bertz CT molecular complexity index is 828. The maximum absolute atomic E-state index is 11.9. The molecule has 0 aromatic carbocycles. The molecule has 7 N–H and O–H groups in total. The van der Waals surface area contributed by atoms with E-state index in [1.54, 1.807) is 34.7 Å². The molecule has 0 aliphatic carbocycles. The van der Waals surface area contributed by atoms with Crippen LogP contribution < -0.4 is 0 Å². The monoisotopic (exact) mass is 608 g/mol. The van der Waals surface area contributed by atoms with E-state index in [4.69, 9.17) is 9.47 Å². The largest absolute Gasteiger partial charge is 0.481 e. The molecule has 12 heteroatoms. The normalized spacial score (nSPS) is 30.5. The van der Waals surface area contributed by atoms with Gasteiger partial charge in [-0.05, 0) is 80.9 Å². The van der Waals surface area contributed by atoms with Crippen LogP contribution in [0.5, 0.6) is 0 Å². The first kappa shape index (κ1) is 39.1. The lowest BCUT2D eigenvalue weighted by Gasteiger charge is -2.46. The van der Waals surface area contributed by atoms with Gasteiger partial charge in [0.05, 0.1) is 35.9 Å². The van der Waals surface area contributed by atoms with Crippen LogP contribution in [0.25, 0.3) is 0 Å². The SMILES string of the molecule is CC[C@@H](O)[C@@](C)(O)[C@H](O)[C@@H](C)N(C)C[C@H](C)C[C@@](C)(O)[C@H](OC1OC(C)CC(N(C)C)C1O)[C@@H](C)[C@H](O)[C@@H](C)C(=O)O. The molecule has 0 amide bonds. The van der Waals surface area contributed by atoms with Crippen LogP contribution in [0.3, 0.4) is 0 Å². The number of likely N-dealkylation sites (N-methyl/N-ethyl adjacent to an activating group) is 2. The molecular weight excluding hydrogens is 548 g/mol. The number of aliphatic hydroxyl groups excluding tert-OH is 4. The van der Waals surface area contributed by atoms with Crippen molar-refractivity contribution in [2.75, 3.05) is 27.7 Å². The van der Waals surface area contributed by atoms with Crippen LogP contribution in [0.15, 0.2) is 0 Å². The van der Waals surface area contributed by atoms with E-state index in [-0.39, 0.29) is 30.9 Å². The lowest BCUT2D eigenvalue weighted by molar-refractivity contribution is -0.299. The van der Waals surface area contributed by atoms with Crippen LogP contribution in [0.4, 0.5) is 0 Å². The summed E-state index contributed by atoms with van der Waals surface area (Å²) in [5.74, 6) is -3.37. The van der Waals surface area contributed by atoms with E-state index in [1.807, 2.05) is 37.7 Å². The Labute approximate surface area is 252 Å². The van der Waals surface area contributed by atoms with Crippen molar-refractivity contribution in [3.63, 3.8) is 0 Å². The van der Waals surface area contributed by atoms with E-state index in [0.717, 1.165) is 0 Å². The van der Waals surface area contributed by atoms with Crippen LogP contribution in [-0.2, 0) is 14.3 Å². The van der Waals surface area contributed by atoms with Crippen LogP contribution in [0.1, 0.15) is 74.7 Å². The Kier molecular flexibility index (Phi) is 14.8. The van der Waals surface area contributed by atoms with E-state index < -0.39 is 71.9 Å². The molecule has 1 aliphatic rings. The van der Waals surface area contributed by atoms with Gasteiger partial charge in [0, 0.05) is 24.5 Å². The first-order chi connectivity index (χ1) is 19.1. The molecule has 1 aliphatic heterocycles. The van der Waals surface area contributed by atoms with Crippen LogP contribution >= 0.6 is 0 Å². The van der Waals surface area contributed by atoms with Crippen molar-refractivity contribution in [2.24, 2.45) is 17.8 Å². The van der Waals surface area contributed by atoms with Gasteiger partial charge in [0.15, 0.2) is 6.29 Å². The summed E-state index contributed by atoms with van der Waals surface area (Å²) in [7, 11) is 5.46. The van der Waals surface area contributed by atoms with Gasteiger partial charge in [-0.15, -0.1) is 0 Å². The minimum Gasteiger partial charge on any atom is -0.481 e. The quantitative estimate of drug-likeness (QED) is 0.122. The first-order valence-corrected chi connectivity index (χ1v) is 15.2. The third kappa shape index (κ3) is 9.79. The predicted octanol–water partition coefficient (Wildman–Crippen LogP) is 0.496. The van der Waals surface area contributed by atoms with Crippen LogP contribution in [-0.4, -0.2) is 145 Å². The van der Waals surface area contributed by atoms with Crippen molar-refractivity contribution in [1.29, 1.82) is 0 Å². The summed E-state index contributed by atoms with van der Waals surface area (Å²) in [6, 6.07) is -0.806. The summed E-state index contributed by atoms with van der Waals surface area (Å²) in [5.41, 5.74) is -3.31. The standard InChI is InChI=1S/C30H60N2O10/c1-12-22(33)30(8,40)25(36)20(6)32(11)15-16(2)14-29(7,39)26(18(4)23(34)19(5)27(37)38)42-28-24(35)21(31(9)10)13-17(3)41-28/h16-26,28,33-36,39-40H,12-15H2,1-11H3,(H,37,38)/t16-,17?,18+,19-,20-,21?,22-,23+,24?,25-,26-,28?,29-,30-/m1/s1. The molecule has 1 fully saturated rings. The number of hydrogen-bond donors (Lipinski definition) is 7. The number of nitrogens with zero attached hydrogens (tertiary/aromatic N) is 2. The molecule has 4 unspecified atom stereocenters. The third-order valence-electron chi connectivity index (χ3n) is 9.26. The number of carboxylic acid groups (broad SMARTS) is 1. The highest BCUT2D eigenvalue weighted by atomic mass is 16.7. The molecule has 0 aromatic rings. The highest BCUT2D eigenvalue weighted by Crippen LogP contribution is 2.35. The van der Waals surface area contributed by atoms with E-state index in [1.165, 1.54) is 13.8 Å². The van der Waals surface area contributed by atoms with E-state index >= 15 is 0 Å². The van der Waals surface area contributed by atoms with Crippen molar-refractivity contribution in [2.45, 2.75) is 141 Å². The van der Waals surface area contributed by atoms with Gasteiger partial charge in [0.2, 0.25) is 0 Å². The number of ether oxygens (including phenoxy) is 2. The highest BCUT2D eigenvalue weighted by Gasteiger charge is 2.48. The lowest BCUT2D eigenvalue weighted by atomic mass is 9.78. The molecule has 0 spiro atoms. The molecule has 250 valence electrons. The van der Waals surface area contributed by atoms with Gasteiger partial charge in [0.1, 0.15) is 17.8 Å². The van der Waals surface area contributed by atoms with Crippen molar-refractivity contribution >= 4 is 5.97 Å². The fourth-order valence-corrected chi connectivity index (χ4v) is 6.30.